The maximum atomic E-state index is 11.9. The lowest BCUT2D eigenvalue weighted by molar-refractivity contribution is -0.139. The molecule has 0 aromatic heterocycles. The van der Waals surface area contributed by atoms with Crippen molar-refractivity contribution in [3.8, 4) is 5.75 Å². The Morgan fingerprint density at radius 2 is 2.06 bits per heavy atom. The first-order valence-electron chi connectivity index (χ1n) is 4.80. The third kappa shape index (κ3) is 3.59. The Morgan fingerprint density at radius 3 is 2.61 bits per heavy atom. The van der Waals surface area contributed by atoms with Gasteiger partial charge in [0.1, 0.15) is 17.2 Å². The topological polar surface area (TPSA) is 81.7 Å². The first-order chi connectivity index (χ1) is 8.40. The molecule has 0 bridgehead atoms. The zero-order chi connectivity index (χ0) is 13.8. The molecular weight excluding hydrogens is 282 g/mol. The van der Waals surface area contributed by atoms with Crippen LogP contribution < -0.4 is 9.46 Å². The van der Waals surface area contributed by atoms with Gasteiger partial charge in [0.15, 0.2) is 0 Å². The molecule has 0 aliphatic heterocycles. The molecule has 1 aromatic carbocycles. The second-order valence-electron chi connectivity index (χ2n) is 3.20. The predicted molar refractivity (Wildman–Crippen MR) is 65.2 cm³/mol. The van der Waals surface area contributed by atoms with Crippen molar-refractivity contribution in [2.24, 2.45) is 0 Å². The average Bonchev–Trinajstić information content (AvgIpc) is 2.36. The van der Waals surface area contributed by atoms with Gasteiger partial charge < -0.3 is 9.47 Å². The van der Waals surface area contributed by atoms with E-state index in [2.05, 4.69) is 9.46 Å². The largest absolute Gasteiger partial charge is 0.495 e. The van der Waals surface area contributed by atoms with E-state index < -0.39 is 22.5 Å². The SMILES string of the molecule is COC(=O)CNS(=O)(=O)c1cc(Cl)ccc1OC. The summed E-state index contributed by atoms with van der Waals surface area (Å²) in [5.41, 5.74) is 0. The van der Waals surface area contributed by atoms with Crippen LogP contribution in [-0.2, 0) is 19.6 Å². The van der Waals surface area contributed by atoms with Crippen molar-refractivity contribution in [2.45, 2.75) is 4.90 Å². The number of hydrogen-bond donors (Lipinski definition) is 1. The van der Waals surface area contributed by atoms with Crippen LogP contribution in [0.4, 0.5) is 0 Å². The summed E-state index contributed by atoms with van der Waals surface area (Å²) in [4.78, 5) is 10.8. The molecule has 0 aliphatic rings. The van der Waals surface area contributed by atoms with E-state index in [0.29, 0.717) is 0 Å². The Balaban J connectivity index is 3.04. The lowest BCUT2D eigenvalue weighted by Crippen LogP contribution is -2.30. The van der Waals surface area contributed by atoms with Gasteiger partial charge in [-0.1, -0.05) is 11.6 Å². The Labute approximate surface area is 110 Å². The van der Waals surface area contributed by atoms with Crippen molar-refractivity contribution >= 4 is 27.6 Å². The number of nitrogens with one attached hydrogen (secondary N) is 1. The highest BCUT2D eigenvalue weighted by Gasteiger charge is 2.20. The average molecular weight is 294 g/mol. The number of benzene rings is 1. The molecule has 1 rings (SSSR count). The lowest BCUT2D eigenvalue weighted by Gasteiger charge is -2.10. The normalized spacial score (nSPS) is 11.1. The molecule has 18 heavy (non-hydrogen) atoms. The Morgan fingerprint density at radius 1 is 1.39 bits per heavy atom. The minimum atomic E-state index is -3.89. The van der Waals surface area contributed by atoms with E-state index in [0.717, 1.165) is 7.11 Å². The summed E-state index contributed by atoms with van der Waals surface area (Å²) in [6, 6.07) is 4.16. The van der Waals surface area contributed by atoms with Crippen molar-refractivity contribution < 1.29 is 22.7 Å². The molecule has 1 N–H and O–H groups in total. The first-order valence-corrected chi connectivity index (χ1v) is 6.67. The summed E-state index contributed by atoms with van der Waals surface area (Å²) < 4.78 is 35.2. The van der Waals surface area contributed by atoms with Gasteiger partial charge in [-0.05, 0) is 18.2 Å². The van der Waals surface area contributed by atoms with E-state index in [1.807, 2.05) is 0 Å². The molecule has 0 atom stereocenters. The molecule has 8 heteroatoms. The number of methoxy groups -OCH3 is 2. The number of hydrogen-bond acceptors (Lipinski definition) is 5. The second-order valence-corrected chi connectivity index (χ2v) is 5.37. The third-order valence-electron chi connectivity index (χ3n) is 2.05. The zero-order valence-electron chi connectivity index (χ0n) is 9.77. The number of halogens is 1. The van der Waals surface area contributed by atoms with E-state index in [9.17, 15) is 13.2 Å². The smallest absolute Gasteiger partial charge is 0.320 e. The fourth-order valence-electron chi connectivity index (χ4n) is 1.16. The van der Waals surface area contributed by atoms with Crippen LogP contribution in [0.1, 0.15) is 0 Å². The quantitative estimate of drug-likeness (QED) is 0.812. The van der Waals surface area contributed by atoms with Crippen LogP contribution in [0.3, 0.4) is 0 Å². The number of rotatable bonds is 5. The maximum Gasteiger partial charge on any atom is 0.320 e. The number of carbonyl (C=O) groups is 1. The summed E-state index contributed by atoms with van der Waals surface area (Å²) in [6.45, 7) is -0.464. The highest BCUT2D eigenvalue weighted by atomic mass is 35.5. The first kappa shape index (κ1) is 14.7. The molecule has 0 saturated heterocycles. The van der Waals surface area contributed by atoms with Crippen molar-refractivity contribution in [1.29, 1.82) is 0 Å². The van der Waals surface area contributed by atoms with Gasteiger partial charge in [0, 0.05) is 5.02 Å². The zero-order valence-corrected chi connectivity index (χ0v) is 11.3. The van der Waals surface area contributed by atoms with Gasteiger partial charge >= 0.3 is 5.97 Å². The number of ether oxygens (including phenoxy) is 2. The molecule has 1 aromatic rings. The fraction of sp³-hybridized carbons (Fsp3) is 0.300. The lowest BCUT2D eigenvalue weighted by atomic mass is 10.3. The molecule has 100 valence electrons. The molecule has 0 unspecified atom stereocenters. The summed E-state index contributed by atoms with van der Waals surface area (Å²) in [5, 5.41) is 0.245. The second kappa shape index (κ2) is 6.03. The van der Waals surface area contributed by atoms with Gasteiger partial charge in [-0.3, -0.25) is 4.79 Å². The Hall–Kier alpha value is -1.31. The molecule has 0 fully saturated rings. The fourth-order valence-corrected chi connectivity index (χ4v) is 2.56. The molecule has 0 aliphatic carbocycles. The van der Waals surface area contributed by atoms with Crippen molar-refractivity contribution in [3.05, 3.63) is 23.2 Å². The van der Waals surface area contributed by atoms with Crippen LogP contribution in [0.2, 0.25) is 5.02 Å². The molecule has 0 radical (unpaired) electrons. The van der Waals surface area contributed by atoms with Crippen molar-refractivity contribution in [3.63, 3.8) is 0 Å². The molecule has 0 amide bonds. The van der Waals surface area contributed by atoms with Crippen LogP contribution in [0.25, 0.3) is 0 Å². The van der Waals surface area contributed by atoms with E-state index >= 15 is 0 Å². The summed E-state index contributed by atoms with van der Waals surface area (Å²) in [5.74, 6) is -0.559. The van der Waals surface area contributed by atoms with E-state index in [4.69, 9.17) is 16.3 Å². The van der Waals surface area contributed by atoms with Crippen LogP contribution in [0.15, 0.2) is 23.1 Å². The van der Waals surface area contributed by atoms with Crippen LogP contribution >= 0.6 is 11.6 Å². The minimum absolute atomic E-state index is 0.136. The van der Waals surface area contributed by atoms with Crippen molar-refractivity contribution in [1.82, 2.24) is 4.72 Å². The van der Waals surface area contributed by atoms with Gasteiger partial charge in [-0.15, -0.1) is 0 Å². The molecular formula is C10H12ClNO5S. The Bertz CT molecular complexity index is 543. The van der Waals surface area contributed by atoms with E-state index in [1.54, 1.807) is 0 Å². The van der Waals surface area contributed by atoms with Crippen LogP contribution in [-0.4, -0.2) is 35.2 Å². The number of sulfonamides is 1. The summed E-state index contributed by atoms with van der Waals surface area (Å²) in [6.07, 6.45) is 0. The van der Waals surface area contributed by atoms with Gasteiger partial charge in [-0.2, -0.15) is 4.72 Å². The predicted octanol–water partition coefficient (Wildman–Crippen LogP) is 0.800. The maximum absolute atomic E-state index is 11.9. The third-order valence-corrected chi connectivity index (χ3v) is 3.71. The molecule has 6 nitrogen and oxygen atoms in total. The van der Waals surface area contributed by atoms with Crippen LogP contribution in [0.5, 0.6) is 5.75 Å². The highest BCUT2D eigenvalue weighted by Crippen LogP contribution is 2.26. The molecule has 0 heterocycles. The van der Waals surface area contributed by atoms with Crippen LogP contribution in [0, 0.1) is 0 Å². The molecule has 0 spiro atoms. The standard InChI is InChI=1S/C10H12ClNO5S/c1-16-8-4-3-7(11)5-9(8)18(14,15)12-6-10(13)17-2/h3-5,12H,6H2,1-2H3. The van der Waals surface area contributed by atoms with Gasteiger partial charge in [-0.25, -0.2) is 8.42 Å². The molecule has 0 saturated carbocycles. The van der Waals surface area contributed by atoms with Gasteiger partial charge in [0.25, 0.3) is 0 Å². The minimum Gasteiger partial charge on any atom is -0.495 e. The van der Waals surface area contributed by atoms with Gasteiger partial charge in [0.05, 0.1) is 14.2 Å². The monoisotopic (exact) mass is 293 g/mol. The highest BCUT2D eigenvalue weighted by molar-refractivity contribution is 7.89. The summed E-state index contributed by atoms with van der Waals surface area (Å²) in [7, 11) is -1.39. The summed E-state index contributed by atoms with van der Waals surface area (Å²) >= 11 is 5.73. The Kier molecular flexibility index (Phi) is 4.94. The van der Waals surface area contributed by atoms with Gasteiger partial charge in [0.2, 0.25) is 10.0 Å². The number of carbonyl (C=O) groups excluding carboxylic acids is 1. The van der Waals surface area contributed by atoms with E-state index in [1.165, 1.54) is 25.3 Å². The van der Waals surface area contributed by atoms with Crippen molar-refractivity contribution in [2.75, 3.05) is 20.8 Å². The number of esters is 1. The van der Waals surface area contributed by atoms with E-state index in [-0.39, 0.29) is 15.7 Å².